The quantitative estimate of drug-likeness (QED) is 0.564. The van der Waals surface area contributed by atoms with Gasteiger partial charge in [0.15, 0.2) is 0 Å². The minimum absolute atomic E-state index is 1.02. The zero-order valence-electron chi connectivity index (χ0n) is 6.30. The highest BCUT2D eigenvalue weighted by Crippen LogP contribution is 2.24. The third-order valence-electron chi connectivity index (χ3n) is 1.96. The summed E-state index contributed by atoms with van der Waals surface area (Å²) >= 11 is 0. The van der Waals surface area contributed by atoms with Gasteiger partial charge >= 0.3 is 0 Å². The van der Waals surface area contributed by atoms with Gasteiger partial charge in [0.25, 0.3) is 0 Å². The van der Waals surface area contributed by atoms with Gasteiger partial charge in [0.2, 0.25) is 0 Å². The Labute approximate surface area is 66.9 Å². The van der Waals surface area contributed by atoms with E-state index in [-0.39, 0.29) is 0 Å². The van der Waals surface area contributed by atoms with Crippen LogP contribution in [0.5, 0.6) is 0 Å². The van der Waals surface area contributed by atoms with Crippen molar-refractivity contribution in [2.45, 2.75) is 6.42 Å². The zero-order chi connectivity index (χ0) is 7.68. The second-order valence-electron chi connectivity index (χ2n) is 2.71. The molecule has 1 aliphatic rings. The van der Waals surface area contributed by atoms with Crippen LogP contribution in [0.3, 0.4) is 0 Å². The van der Waals surface area contributed by atoms with Crippen LogP contribution >= 0.6 is 0 Å². The Morgan fingerprint density at radius 1 is 1.55 bits per heavy atom. The van der Waals surface area contributed by atoms with E-state index in [1.165, 1.54) is 16.7 Å². The van der Waals surface area contributed by atoms with Crippen LogP contribution in [0.4, 0.5) is 0 Å². The fourth-order valence-electron chi connectivity index (χ4n) is 1.36. The van der Waals surface area contributed by atoms with E-state index in [0.717, 1.165) is 6.42 Å². The SMILES string of the molecule is C=CC1=Cc2[c]cccc2C1. The molecule has 0 nitrogen and oxygen atoms in total. The number of hydrogen-bond acceptors (Lipinski definition) is 0. The molecule has 0 aliphatic heterocycles. The van der Waals surface area contributed by atoms with Gasteiger partial charge in [-0.3, -0.25) is 0 Å². The van der Waals surface area contributed by atoms with Crippen LogP contribution in [0.15, 0.2) is 36.4 Å². The molecule has 1 aromatic rings. The van der Waals surface area contributed by atoms with Gasteiger partial charge in [-0.15, -0.1) is 0 Å². The summed E-state index contributed by atoms with van der Waals surface area (Å²) in [5, 5.41) is 0. The van der Waals surface area contributed by atoms with Crippen molar-refractivity contribution in [1.82, 2.24) is 0 Å². The molecule has 0 N–H and O–H groups in total. The first-order valence-corrected chi connectivity index (χ1v) is 3.73. The average molecular weight is 141 g/mol. The fourth-order valence-corrected chi connectivity index (χ4v) is 1.36. The van der Waals surface area contributed by atoms with Gasteiger partial charge in [0.1, 0.15) is 0 Å². The van der Waals surface area contributed by atoms with Crippen molar-refractivity contribution in [3.05, 3.63) is 53.6 Å². The molecular weight excluding hydrogens is 132 g/mol. The first-order valence-electron chi connectivity index (χ1n) is 3.73. The molecule has 0 spiro atoms. The van der Waals surface area contributed by atoms with Crippen LogP contribution in [0.2, 0.25) is 0 Å². The summed E-state index contributed by atoms with van der Waals surface area (Å²) in [5.74, 6) is 0. The van der Waals surface area contributed by atoms with Gasteiger partial charge in [0.05, 0.1) is 0 Å². The number of hydrogen-bond donors (Lipinski definition) is 0. The highest BCUT2D eigenvalue weighted by molar-refractivity contribution is 5.65. The number of fused-ring (bicyclic) bond motifs is 1. The van der Waals surface area contributed by atoms with Crippen molar-refractivity contribution >= 4 is 6.08 Å². The highest BCUT2D eigenvalue weighted by atomic mass is 14.1. The summed E-state index contributed by atoms with van der Waals surface area (Å²) in [6, 6.07) is 9.30. The Bertz CT molecular complexity index is 319. The van der Waals surface area contributed by atoms with Crippen molar-refractivity contribution in [2.75, 3.05) is 0 Å². The van der Waals surface area contributed by atoms with Gasteiger partial charge in [-0.1, -0.05) is 36.9 Å². The smallest absolute Gasteiger partial charge is 0.00196 e. The maximum atomic E-state index is 3.74. The summed E-state index contributed by atoms with van der Waals surface area (Å²) < 4.78 is 0. The predicted molar refractivity (Wildman–Crippen MR) is 47.2 cm³/mol. The second-order valence-corrected chi connectivity index (χ2v) is 2.71. The minimum Gasteiger partial charge on any atom is -0.0988 e. The van der Waals surface area contributed by atoms with E-state index >= 15 is 0 Å². The Morgan fingerprint density at radius 2 is 2.45 bits per heavy atom. The zero-order valence-corrected chi connectivity index (χ0v) is 6.30. The van der Waals surface area contributed by atoms with Gasteiger partial charge < -0.3 is 0 Å². The number of rotatable bonds is 1. The first kappa shape index (κ1) is 6.41. The van der Waals surface area contributed by atoms with Crippen molar-refractivity contribution in [3.8, 4) is 0 Å². The lowest BCUT2D eigenvalue weighted by Gasteiger charge is -1.93. The Hall–Kier alpha value is -1.30. The van der Waals surface area contributed by atoms with Crippen molar-refractivity contribution in [1.29, 1.82) is 0 Å². The lowest BCUT2D eigenvalue weighted by molar-refractivity contribution is 1.25. The molecule has 11 heavy (non-hydrogen) atoms. The van der Waals surface area contributed by atoms with Crippen molar-refractivity contribution in [3.63, 3.8) is 0 Å². The third kappa shape index (κ3) is 1.01. The Kier molecular flexibility index (Phi) is 1.39. The molecule has 53 valence electrons. The normalized spacial score (nSPS) is 14.0. The van der Waals surface area contributed by atoms with Crippen LogP contribution in [0.25, 0.3) is 6.08 Å². The van der Waals surface area contributed by atoms with E-state index in [0.29, 0.717) is 0 Å². The van der Waals surface area contributed by atoms with Gasteiger partial charge in [-0.25, -0.2) is 0 Å². The summed E-state index contributed by atoms with van der Waals surface area (Å²) in [5.41, 5.74) is 3.88. The third-order valence-corrected chi connectivity index (χ3v) is 1.96. The maximum absolute atomic E-state index is 3.74. The summed E-state index contributed by atoms with van der Waals surface area (Å²) in [4.78, 5) is 0. The van der Waals surface area contributed by atoms with E-state index in [9.17, 15) is 0 Å². The lowest BCUT2D eigenvalue weighted by atomic mass is 10.1. The molecule has 0 aromatic heterocycles. The van der Waals surface area contributed by atoms with Gasteiger partial charge in [-0.2, -0.15) is 0 Å². The van der Waals surface area contributed by atoms with Crippen molar-refractivity contribution in [2.24, 2.45) is 0 Å². The van der Waals surface area contributed by atoms with Crippen LogP contribution < -0.4 is 0 Å². The molecule has 0 saturated carbocycles. The van der Waals surface area contributed by atoms with Crippen LogP contribution in [0, 0.1) is 6.07 Å². The lowest BCUT2D eigenvalue weighted by Crippen LogP contribution is -1.80. The molecule has 2 rings (SSSR count). The molecule has 1 radical (unpaired) electrons. The van der Waals surface area contributed by atoms with E-state index < -0.39 is 0 Å². The maximum Gasteiger partial charge on any atom is -0.00196 e. The van der Waals surface area contributed by atoms with Gasteiger partial charge in [-0.05, 0) is 29.2 Å². The molecule has 0 heterocycles. The first-order chi connectivity index (χ1) is 5.40. The molecule has 0 unspecified atom stereocenters. The largest absolute Gasteiger partial charge is 0.0988 e. The summed E-state index contributed by atoms with van der Waals surface area (Å²) in [6.07, 6.45) is 5.08. The molecule has 0 fully saturated rings. The Morgan fingerprint density at radius 3 is 3.18 bits per heavy atom. The fraction of sp³-hybridized carbons (Fsp3) is 0.0909. The van der Waals surface area contributed by atoms with E-state index in [2.05, 4.69) is 24.8 Å². The topological polar surface area (TPSA) is 0 Å². The molecule has 0 atom stereocenters. The van der Waals surface area contributed by atoms with Crippen LogP contribution in [-0.4, -0.2) is 0 Å². The molecule has 0 saturated heterocycles. The predicted octanol–water partition coefficient (Wildman–Crippen LogP) is 2.61. The van der Waals surface area contributed by atoms with Crippen molar-refractivity contribution < 1.29 is 0 Å². The highest BCUT2D eigenvalue weighted by Gasteiger charge is 2.08. The van der Waals surface area contributed by atoms with E-state index in [1.807, 2.05) is 18.2 Å². The molecular formula is C11H9. The molecule has 0 bridgehead atoms. The summed E-state index contributed by atoms with van der Waals surface area (Å²) in [6.45, 7) is 3.74. The van der Waals surface area contributed by atoms with E-state index in [1.54, 1.807) is 0 Å². The second kappa shape index (κ2) is 2.39. The Balaban J connectivity index is 2.47. The average Bonchev–Trinajstić information content (AvgIpc) is 2.46. The number of benzene rings is 1. The molecule has 0 heteroatoms. The minimum atomic E-state index is 1.02. The number of allylic oxidation sites excluding steroid dienone is 2. The monoisotopic (exact) mass is 141 g/mol. The molecule has 1 aliphatic carbocycles. The standard InChI is InChI=1S/C11H9/c1-2-9-7-10-5-3-4-6-11(10)8-9/h2-5,8H,1,7H2. The summed E-state index contributed by atoms with van der Waals surface area (Å²) in [7, 11) is 0. The van der Waals surface area contributed by atoms with Gasteiger partial charge in [0, 0.05) is 0 Å². The molecule has 0 amide bonds. The van der Waals surface area contributed by atoms with E-state index in [4.69, 9.17) is 0 Å². The van der Waals surface area contributed by atoms with Crippen LogP contribution in [0.1, 0.15) is 11.1 Å². The molecule has 1 aromatic carbocycles. The van der Waals surface area contributed by atoms with Crippen LogP contribution in [-0.2, 0) is 6.42 Å².